The molecule has 1 aliphatic rings. The summed E-state index contributed by atoms with van der Waals surface area (Å²) in [6, 6.07) is 1.02. The lowest BCUT2D eigenvalue weighted by Gasteiger charge is -2.24. The van der Waals surface area contributed by atoms with Crippen LogP contribution >= 0.6 is 11.3 Å². The number of nitrogen functional groups attached to an aromatic ring is 1. The number of nitrogens with two attached hydrogens (primary N) is 1. The Morgan fingerprint density at radius 3 is 2.65 bits per heavy atom. The SMILES string of the molecule is CC(CNC(=O)c1sc(N(C)C)nc1N)N(C)C1CC1. The van der Waals surface area contributed by atoms with Gasteiger partial charge < -0.3 is 16.0 Å². The van der Waals surface area contributed by atoms with Gasteiger partial charge in [-0.2, -0.15) is 0 Å². The van der Waals surface area contributed by atoms with Gasteiger partial charge in [-0.05, 0) is 26.8 Å². The van der Waals surface area contributed by atoms with Gasteiger partial charge in [-0.1, -0.05) is 11.3 Å². The maximum atomic E-state index is 12.2. The Bertz CT molecular complexity index is 483. The van der Waals surface area contributed by atoms with Crippen LogP contribution in [0.15, 0.2) is 0 Å². The van der Waals surface area contributed by atoms with Crippen molar-refractivity contribution >= 4 is 28.2 Å². The number of nitrogens with zero attached hydrogens (tertiary/aromatic N) is 3. The zero-order valence-electron chi connectivity index (χ0n) is 12.5. The quantitative estimate of drug-likeness (QED) is 0.819. The van der Waals surface area contributed by atoms with E-state index in [9.17, 15) is 4.79 Å². The average Bonchev–Trinajstić information content (AvgIpc) is 3.17. The van der Waals surface area contributed by atoms with Crippen LogP contribution in [0.2, 0.25) is 0 Å². The molecule has 3 N–H and O–H groups in total. The van der Waals surface area contributed by atoms with E-state index in [1.807, 2.05) is 19.0 Å². The minimum absolute atomic E-state index is 0.135. The summed E-state index contributed by atoms with van der Waals surface area (Å²) in [5.74, 6) is 0.170. The smallest absolute Gasteiger partial charge is 0.265 e. The number of hydrogen-bond acceptors (Lipinski definition) is 6. The van der Waals surface area contributed by atoms with Crippen LogP contribution in [-0.2, 0) is 0 Å². The second kappa shape index (κ2) is 5.97. The van der Waals surface area contributed by atoms with Gasteiger partial charge >= 0.3 is 0 Å². The van der Waals surface area contributed by atoms with Gasteiger partial charge in [0.25, 0.3) is 5.91 Å². The first-order valence-electron chi connectivity index (χ1n) is 6.84. The van der Waals surface area contributed by atoms with Crippen molar-refractivity contribution < 1.29 is 4.79 Å². The van der Waals surface area contributed by atoms with Crippen LogP contribution in [0.1, 0.15) is 29.4 Å². The van der Waals surface area contributed by atoms with Crippen LogP contribution in [0.25, 0.3) is 0 Å². The number of hydrogen-bond donors (Lipinski definition) is 2. The standard InChI is InChI=1S/C13H23N5OS/c1-8(18(4)9-5-6-9)7-15-12(19)10-11(14)16-13(20-10)17(2)3/h8-9H,5-7,14H2,1-4H3,(H,15,19). The largest absolute Gasteiger partial charge is 0.382 e. The van der Waals surface area contributed by atoms with Crippen molar-refractivity contribution in [1.29, 1.82) is 0 Å². The fourth-order valence-corrected chi connectivity index (χ4v) is 2.80. The Morgan fingerprint density at radius 1 is 1.50 bits per heavy atom. The molecule has 1 atom stereocenters. The fraction of sp³-hybridized carbons (Fsp3) is 0.692. The molecule has 1 aliphatic carbocycles. The highest BCUT2D eigenvalue weighted by molar-refractivity contribution is 7.18. The maximum Gasteiger partial charge on any atom is 0.265 e. The third kappa shape index (κ3) is 3.40. The van der Waals surface area contributed by atoms with Crippen LogP contribution in [0.3, 0.4) is 0 Å². The van der Waals surface area contributed by atoms with Crippen molar-refractivity contribution in [2.45, 2.75) is 31.8 Å². The highest BCUT2D eigenvalue weighted by Crippen LogP contribution is 2.28. The maximum absolute atomic E-state index is 12.2. The van der Waals surface area contributed by atoms with Crippen LogP contribution in [0.4, 0.5) is 10.9 Å². The first-order chi connectivity index (χ1) is 9.40. The van der Waals surface area contributed by atoms with Gasteiger partial charge in [0.2, 0.25) is 0 Å². The van der Waals surface area contributed by atoms with E-state index in [0.717, 1.165) is 5.13 Å². The topological polar surface area (TPSA) is 74.5 Å². The van der Waals surface area contributed by atoms with E-state index in [1.54, 1.807) is 0 Å². The zero-order chi connectivity index (χ0) is 14.9. The molecule has 7 heteroatoms. The molecule has 1 amide bonds. The lowest BCUT2D eigenvalue weighted by atomic mass is 10.3. The number of amides is 1. The van der Waals surface area contributed by atoms with Gasteiger partial charge in [-0.3, -0.25) is 9.69 Å². The summed E-state index contributed by atoms with van der Waals surface area (Å²) in [5.41, 5.74) is 5.81. The minimum atomic E-state index is -0.135. The molecule has 1 unspecified atom stereocenters. The summed E-state index contributed by atoms with van der Waals surface area (Å²) in [6.45, 7) is 2.75. The van der Waals surface area contributed by atoms with Gasteiger partial charge in [-0.15, -0.1) is 0 Å². The second-order valence-corrected chi connectivity index (χ2v) is 6.54. The third-order valence-corrected chi connectivity index (χ3v) is 4.84. The van der Waals surface area contributed by atoms with E-state index in [-0.39, 0.29) is 5.91 Å². The number of likely N-dealkylation sites (N-methyl/N-ethyl adjacent to an activating group) is 1. The molecule has 0 bridgehead atoms. The number of carbonyl (C=O) groups is 1. The molecule has 1 heterocycles. The Kier molecular flexibility index (Phi) is 4.49. The van der Waals surface area contributed by atoms with Crippen LogP contribution in [0.5, 0.6) is 0 Å². The van der Waals surface area contributed by atoms with Crippen molar-refractivity contribution in [3.05, 3.63) is 4.88 Å². The first kappa shape index (κ1) is 15.1. The predicted molar refractivity (Wildman–Crippen MR) is 83.4 cm³/mol. The van der Waals surface area contributed by atoms with Gasteiger partial charge in [0.15, 0.2) is 5.13 Å². The molecule has 2 rings (SSSR count). The molecule has 112 valence electrons. The third-order valence-electron chi connectivity index (χ3n) is 3.61. The molecule has 20 heavy (non-hydrogen) atoms. The van der Waals surface area contributed by atoms with Crippen LogP contribution < -0.4 is 16.0 Å². The number of thiazole rings is 1. The van der Waals surface area contributed by atoms with E-state index in [1.165, 1.54) is 24.2 Å². The Balaban J connectivity index is 1.91. The van der Waals surface area contributed by atoms with Gasteiger partial charge in [0.1, 0.15) is 10.7 Å². The van der Waals surface area contributed by atoms with Crippen molar-refractivity contribution in [1.82, 2.24) is 15.2 Å². The first-order valence-corrected chi connectivity index (χ1v) is 7.65. The van der Waals surface area contributed by atoms with Crippen LogP contribution in [0, 0.1) is 0 Å². The molecule has 1 fully saturated rings. The van der Waals surface area contributed by atoms with E-state index < -0.39 is 0 Å². The second-order valence-electron chi connectivity index (χ2n) is 5.56. The Morgan fingerprint density at radius 2 is 2.15 bits per heavy atom. The van der Waals surface area contributed by atoms with Crippen LogP contribution in [-0.4, -0.2) is 55.6 Å². The van der Waals surface area contributed by atoms with E-state index >= 15 is 0 Å². The lowest BCUT2D eigenvalue weighted by Crippen LogP contribution is -2.41. The highest BCUT2D eigenvalue weighted by Gasteiger charge is 2.29. The number of aromatic nitrogens is 1. The molecule has 0 radical (unpaired) electrons. The molecule has 1 aromatic rings. The van der Waals surface area contributed by atoms with E-state index in [4.69, 9.17) is 5.73 Å². The molecule has 1 saturated carbocycles. The molecular weight excluding hydrogens is 274 g/mol. The zero-order valence-corrected chi connectivity index (χ0v) is 13.3. The highest BCUT2D eigenvalue weighted by atomic mass is 32.1. The summed E-state index contributed by atoms with van der Waals surface area (Å²) in [5, 5.41) is 3.69. The summed E-state index contributed by atoms with van der Waals surface area (Å²) in [4.78, 5) is 21.0. The summed E-state index contributed by atoms with van der Waals surface area (Å²) >= 11 is 1.32. The minimum Gasteiger partial charge on any atom is -0.382 e. The monoisotopic (exact) mass is 297 g/mol. The molecular formula is C13H23N5OS. The lowest BCUT2D eigenvalue weighted by molar-refractivity contribution is 0.0944. The molecule has 6 nitrogen and oxygen atoms in total. The molecule has 0 saturated heterocycles. The van der Waals surface area contributed by atoms with Crippen molar-refractivity contribution in [2.75, 3.05) is 38.3 Å². The van der Waals surface area contributed by atoms with E-state index in [0.29, 0.717) is 29.3 Å². The molecule has 0 spiro atoms. The summed E-state index contributed by atoms with van der Waals surface area (Å²) in [6.07, 6.45) is 2.53. The normalized spacial score (nSPS) is 16.2. The number of nitrogens with one attached hydrogen (secondary N) is 1. The average molecular weight is 297 g/mol. The van der Waals surface area contributed by atoms with Crippen molar-refractivity contribution in [3.8, 4) is 0 Å². The van der Waals surface area contributed by atoms with E-state index in [2.05, 4.69) is 29.2 Å². The van der Waals surface area contributed by atoms with Crippen molar-refractivity contribution in [3.63, 3.8) is 0 Å². The summed E-state index contributed by atoms with van der Waals surface area (Å²) in [7, 11) is 5.87. The van der Waals surface area contributed by atoms with Gasteiger partial charge in [-0.25, -0.2) is 4.98 Å². The van der Waals surface area contributed by atoms with Gasteiger partial charge in [0, 0.05) is 32.7 Å². The number of anilines is 2. The number of carbonyl (C=O) groups excluding carboxylic acids is 1. The Labute approximate surface area is 124 Å². The predicted octanol–water partition coefficient (Wildman–Crippen LogP) is 1.00. The molecule has 0 aliphatic heterocycles. The fourth-order valence-electron chi connectivity index (χ4n) is 1.98. The van der Waals surface area contributed by atoms with Gasteiger partial charge in [0.05, 0.1) is 0 Å². The summed E-state index contributed by atoms with van der Waals surface area (Å²) < 4.78 is 0. The molecule has 0 aromatic carbocycles. The number of rotatable bonds is 6. The molecule has 1 aromatic heterocycles. The Hall–Kier alpha value is -1.34. The van der Waals surface area contributed by atoms with Crippen molar-refractivity contribution in [2.24, 2.45) is 0 Å².